The van der Waals surface area contributed by atoms with Crippen molar-refractivity contribution >= 4 is 11.9 Å². The number of likely N-dealkylation sites (tertiary alicyclic amines) is 1. The fourth-order valence-electron chi connectivity index (χ4n) is 4.94. The van der Waals surface area contributed by atoms with Crippen LogP contribution in [0.1, 0.15) is 38.5 Å². The number of carbonyl (C=O) groups excluding carboxylic acids is 2. The third-order valence-electron chi connectivity index (χ3n) is 6.86. The molecule has 2 heterocycles. The van der Waals surface area contributed by atoms with Gasteiger partial charge in [-0.05, 0) is 37.5 Å². The van der Waals surface area contributed by atoms with Crippen LogP contribution in [0.4, 0.5) is 4.79 Å². The van der Waals surface area contributed by atoms with Crippen molar-refractivity contribution in [3.63, 3.8) is 0 Å². The van der Waals surface area contributed by atoms with Gasteiger partial charge in [-0.25, -0.2) is 4.79 Å². The third-order valence-corrected chi connectivity index (χ3v) is 6.86. The van der Waals surface area contributed by atoms with E-state index >= 15 is 0 Å². The Kier molecular flexibility index (Phi) is 5.15. The Balaban J connectivity index is 1.12. The zero-order valence-corrected chi connectivity index (χ0v) is 15.3. The lowest BCUT2D eigenvalue weighted by atomic mass is 9.84. The largest absolute Gasteiger partial charge is 0.340 e. The van der Waals surface area contributed by atoms with Crippen LogP contribution < -0.4 is 5.32 Å². The van der Waals surface area contributed by atoms with Crippen LogP contribution in [0.2, 0.25) is 0 Å². The molecule has 25 heavy (non-hydrogen) atoms. The number of hydrogen-bond acceptors (Lipinski definition) is 3. The summed E-state index contributed by atoms with van der Waals surface area (Å²) in [7, 11) is 0. The summed E-state index contributed by atoms with van der Waals surface area (Å²) < 4.78 is 0. The molecule has 6 nitrogen and oxygen atoms in total. The highest BCUT2D eigenvalue weighted by molar-refractivity contribution is 5.79. The zero-order chi connectivity index (χ0) is 17.2. The first-order chi connectivity index (χ1) is 12.2. The normalized spacial score (nSPS) is 30.2. The molecule has 1 N–H and O–H groups in total. The van der Waals surface area contributed by atoms with Gasteiger partial charge in [-0.15, -0.1) is 0 Å². The van der Waals surface area contributed by atoms with Gasteiger partial charge in [0.1, 0.15) is 0 Å². The summed E-state index contributed by atoms with van der Waals surface area (Å²) in [5.74, 6) is 2.20. The average Bonchev–Trinajstić information content (AvgIpc) is 3.15. The van der Waals surface area contributed by atoms with Crippen LogP contribution >= 0.6 is 0 Å². The van der Waals surface area contributed by atoms with E-state index < -0.39 is 0 Å². The lowest BCUT2D eigenvalue weighted by molar-refractivity contribution is -0.139. The molecule has 4 fully saturated rings. The quantitative estimate of drug-likeness (QED) is 0.835. The number of carbonyl (C=O) groups is 2. The number of nitrogens with zero attached hydrogens (tertiary/aromatic N) is 3. The molecule has 4 rings (SSSR count). The van der Waals surface area contributed by atoms with Crippen molar-refractivity contribution in [2.75, 3.05) is 52.4 Å². The molecule has 2 aliphatic carbocycles. The molecule has 2 saturated heterocycles. The van der Waals surface area contributed by atoms with E-state index in [1.165, 1.54) is 25.7 Å². The van der Waals surface area contributed by atoms with Gasteiger partial charge < -0.3 is 15.1 Å². The van der Waals surface area contributed by atoms with Gasteiger partial charge in [0.15, 0.2) is 0 Å². The maximum Gasteiger partial charge on any atom is 0.317 e. The average molecular weight is 348 g/mol. The van der Waals surface area contributed by atoms with Gasteiger partial charge >= 0.3 is 6.03 Å². The first-order valence-electron chi connectivity index (χ1n) is 10.2. The molecule has 6 heteroatoms. The van der Waals surface area contributed by atoms with Crippen molar-refractivity contribution in [3.8, 4) is 0 Å². The van der Waals surface area contributed by atoms with Crippen LogP contribution in [0.3, 0.4) is 0 Å². The van der Waals surface area contributed by atoms with Crippen molar-refractivity contribution in [2.24, 2.45) is 17.8 Å². The number of fused-ring (bicyclic) bond motifs is 1. The third kappa shape index (κ3) is 3.78. The lowest BCUT2D eigenvalue weighted by Crippen LogP contribution is -2.52. The highest BCUT2D eigenvalue weighted by Gasteiger charge is 2.38. The second-order valence-corrected chi connectivity index (χ2v) is 8.38. The SMILES string of the molecule is O=C(NCCN1CCN(C(=O)C2CCC2)CC1)N1CC2CCCC2C1. The Hall–Kier alpha value is -1.30. The zero-order valence-electron chi connectivity index (χ0n) is 15.3. The minimum absolute atomic E-state index is 0.119. The molecule has 2 aliphatic heterocycles. The van der Waals surface area contributed by atoms with E-state index in [0.717, 1.165) is 70.5 Å². The van der Waals surface area contributed by atoms with Crippen molar-refractivity contribution in [3.05, 3.63) is 0 Å². The second kappa shape index (κ2) is 7.52. The smallest absolute Gasteiger partial charge is 0.317 e. The second-order valence-electron chi connectivity index (χ2n) is 8.38. The summed E-state index contributed by atoms with van der Waals surface area (Å²) in [6.07, 6.45) is 7.35. The molecule has 2 saturated carbocycles. The van der Waals surface area contributed by atoms with E-state index in [1.807, 2.05) is 9.80 Å². The topological polar surface area (TPSA) is 55.9 Å². The Bertz CT molecular complexity index is 488. The maximum atomic E-state index is 12.3. The van der Waals surface area contributed by atoms with Crippen molar-refractivity contribution in [1.29, 1.82) is 0 Å². The molecule has 0 radical (unpaired) electrons. The molecular formula is C19H32N4O2. The van der Waals surface area contributed by atoms with E-state index in [0.29, 0.717) is 18.4 Å². The summed E-state index contributed by atoms with van der Waals surface area (Å²) >= 11 is 0. The lowest BCUT2D eigenvalue weighted by Gasteiger charge is -2.38. The Labute approximate surface area is 150 Å². The molecule has 0 aromatic heterocycles. The molecule has 0 spiro atoms. The number of rotatable bonds is 4. The molecule has 0 bridgehead atoms. The minimum Gasteiger partial charge on any atom is -0.340 e. The van der Waals surface area contributed by atoms with E-state index in [4.69, 9.17) is 0 Å². The van der Waals surface area contributed by atoms with Gasteiger partial charge in [0.25, 0.3) is 0 Å². The van der Waals surface area contributed by atoms with Crippen LogP contribution in [-0.2, 0) is 4.79 Å². The highest BCUT2D eigenvalue weighted by Crippen LogP contribution is 2.37. The van der Waals surface area contributed by atoms with Gasteiger partial charge in [0.05, 0.1) is 0 Å². The summed E-state index contributed by atoms with van der Waals surface area (Å²) in [5, 5.41) is 3.10. The monoisotopic (exact) mass is 348 g/mol. The van der Waals surface area contributed by atoms with Gasteiger partial charge in [-0.2, -0.15) is 0 Å². The van der Waals surface area contributed by atoms with Crippen molar-refractivity contribution in [1.82, 2.24) is 20.0 Å². The van der Waals surface area contributed by atoms with Crippen molar-refractivity contribution < 1.29 is 9.59 Å². The summed E-state index contributed by atoms with van der Waals surface area (Å²) in [6.45, 7) is 7.07. The first-order valence-corrected chi connectivity index (χ1v) is 10.2. The van der Waals surface area contributed by atoms with Gasteiger partial charge in [-0.3, -0.25) is 9.69 Å². The molecule has 0 aromatic rings. The maximum absolute atomic E-state index is 12.3. The number of piperazine rings is 1. The Morgan fingerprint density at radius 3 is 2.08 bits per heavy atom. The summed E-state index contributed by atoms with van der Waals surface area (Å²) in [5.41, 5.74) is 0. The fourth-order valence-corrected chi connectivity index (χ4v) is 4.94. The molecule has 3 amide bonds. The predicted octanol–water partition coefficient (Wildman–Crippen LogP) is 1.37. The number of amides is 3. The van der Waals surface area contributed by atoms with Crippen LogP contribution in [-0.4, -0.2) is 79.0 Å². The molecule has 0 aromatic carbocycles. The van der Waals surface area contributed by atoms with Gasteiger partial charge in [0, 0.05) is 58.3 Å². The first kappa shape index (κ1) is 17.1. The van der Waals surface area contributed by atoms with Crippen LogP contribution in [0.5, 0.6) is 0 Å². The minimum atomic E-state index is 0.119. The Morgan fingerprint density at radius 2 is 1.48 bits per heavy atom. The number of nitrogens with one attached hydrogen (secondary N) is 1. The number of hydrogen-bond donors (Lipinski definition) is 1. The molecular weight excluding hydrogens is 316 g/mol. The van der Waals surface area contributed by atoms with E-state index in [9.17, 15) is 9.59 Å². The summed E-state index contributed by atoms with van der Waals surface area (Å²) in [4.78, 5) is 31.0. The number of urea groups is 1. The van der Waals surface area contributed by atoms with E-state index in [2.05, 4.69) is 10.2 Å². The molecule has 4 aliphatic rings. The fraction of sp³-hybridized carbons (Fsp3) is 0.895. The molecule has 2 unspecified atom stereocenters. The van der Waals surface area contributed by atoms with Crippen molar-refractivity contribution in [2.45, 2.75) is 38.5 Å². The molecule has 140 valence electrons. The van der Waals surface area contributed by atoms with E-state index in [1.54, 1.807) is 0 Å². The standard InChI is InChI=1S/C19H32N4O2/c24-18(15-3-1-4-15)22-11-9-21(10-12-22)8-7-20-19(25)23-13-16-5-2-6-17(16)14-23/h15-17H,1-14H2,(H,20,25). The van der Waals surface area contributed by atoms with Crippen LogP contribution in [0.15, 0.2) is 0 Å². The van der Waals surface area contributed by atoms with Crippen LogP contribution in [0, 0.1) is 17.8 Å². The molecule has 2 atom stereocenters. The summed E-state index contributed by atoms with van der Waals surface area (Å²) in [6, 6.07) is 0.119. The predicted molar refractivity (Wildman–Crippen MR) is 96.2 cm³/mol. The van der Waals surface area contributed by atoms with Crippen LogP contribution in [0.25, 0.3) is 0 Å². The highest BCUT2D eigenvalue weighted by atomic mass is 16.2. The Morgan fingerprint density at radius 1 is 0.840 bits per heavy atom. The van der Waals surface area contributed by atoms with Gasteiger partial charge in [0.2, 0.25) is 5.91 Å². The van der Waals surface area contributed by atoms with Gasteiger partial charge in [-0.1, -0.05) is 12.8 Å². The van der Waals surface area contributed by atoms with E-state index in [-0.39, 0.29) is 6.03 Å².